The van der Waals surface area contributed by atoms with Crippen molar-refractivity contribution in [2.75, 3.05) is 29.9 Å². The van der Waals surface area contributed by atoms with Crippen LogP contribution in [0.4, 0.5) is 24.5 Å². The number of piperidine rings is 1. The van der Waals surface area contributed by atoms with E-state index in [9.17, 15) is 23.2 Å². The summed E-state index contributed by atoms with van der Waals surface area (Å²) < 4.78 is 40.5. The molecular weight excluding hydrogens is 467 g/mol. The molecule has 1 aliphatic heterocycles. The van der Waals surface area contributed by atoms with Crippen LogP contribution in [-0.4, -0.2) is 35.5 Å². The Morgan fingerprint density at radius 3 is 2.41 bits per heavy atom. The Bertz CT molecular complexity index is 1220. The number of thiazole rings is 1. The van der Waals surface area contributed by atoms with Crippen molar-refractivity contribution < 1.29 is 17.9 Å². The van der Waals surface area contributed by atoms with Gasteiger partial charge in [0.1, 0.15) is 27.7 Å². The zero-order chi connectivity index (χ0) is 24.9. The molecule has 182 valence electrons. The van der Waals surface area contributed by atoms with Crippen molar-refractivity contribution >= 4 is 33.1 Å². The average molecular weight is 494 g/mol. The molecule has 0 unspecified atom stereocenters. The van der Waals surface area contributed by atoms with Crippen molar-refractivity contribution in [3.8, 4) is 11.8 Å². The van der Waals surface area contributed by atoms with Gasteiger partial charge >= 0.3 is 6.36 Å². The predicted octanol–water partition coefficient (Wildman–Crippen LogP) is 5.18. The second kappa shape index (κ2) is 10.8. The summed E-state index contributed by atoms with van der Waals surface area (Å²) in [6, 6.07) is 7.70. The molecule has 0 atom stereocenters. The first kappa shape index (κ1) is 25.4. The summed E-state index contributed by atoms with van der Waals surface area (Å²) in [6.45, 7) is 6.35. The van der Waals surface area contributed by atoms with Crippen molar-refractivity contribution in [1.29, 1.82) is 5.26 Å². The predicted molar refractivity (Wildman–Crippen MR) is 128 cm³/mol. The number of rotatable bonds is 4. The minimum atomic E-state index is -4.63. The Labute approximate surface area is 199 Å². The van der Waals surface area contributed by atoms with Gasteiger partial charge in [-0.2, -0.15) is 5.26 Å². The summed E-state index contributed by atoms with van der Waals surface area (Å²) in [7, 11) is 1.71. The number of hydrogen-bond donors (Lipinski definition) is 1. The lowest BCUT2D eigenvalue weighted by molar-refractivity contribution is -0.274. The van der Waals surface area contributed by atoms with E-state index in [2.05, 4.69) is 26.0 Å². The summed E-state index contributed by atoms with van der Waals surface area (Å²) >= 11 is 1.51. The first-order valence-electron chi connectivity index (χ1n) is 10.9. The number of anilines is 2. The van der Waals surface area contributed by atoms with E-state index in [0.29, 0.717) is 0 Å². The van der Waals surface area contributed by atoms with Crippen molar-refractivity contribution in [3.63, 3.8) is 0 Å². The van der Waals surface area contributed by atoms with Crippen molar-refractivity contribution in [2.24, 2.45) is 7.05 Å². The topological polar surface area (TPSA) is 83.2 Å². The molecule has 34 heavy (non-hydrogen) atoms. The molecule has 1 aromatic carbocycles. The molecule has 3 heterocycles. The minimum absolute atomic E-state index is 0.209. The first-order chi connectivity index (χ1) is 16.1. The van der Waals surface area contributed by atoms with Crippen LogP contribution >= 0.6 is 11.3 Å². The number of nitrogens with zero attached hydrogens (tertiary/aromatic N) is 4. The second-order valence-corrected chi connectivity index (χ2v) is 8.92. The van der Waals surface area contributed by atoms with Gasteiger partial charge in [0, 0.05) is 32.4 Å². The van der Waals surface area contributed by atoms with E-state index in [1.165, 1.54) is 42.0 Å². The molecule has 1 N–H and O–H groups in total. The molecule has 3 aromatic rings. The molecule has 0 saturated carbocycles. The number of benzene rings is 1. The number of aromatic nitrogens is 2. The summed E-state index contributed by atoms with van der Waals surface area (Å²) in [5.41, 5.74) is 2.32. The standard InChI is InChI=1S/C14H16N4OS.C9H10F3NO/c1-9-16-11-12(18-6-4-3-5-7-18)10(8-15)13(19)17(2)14(11)20-9;1-2-13-7-3-5-8(6-4-7)14-9(10,11)12/h3-7H2,1-2H3;3-6,13H,2H2,1H3. The van der Waals surface area contributed by atoms with E-state index >= 15 is 0 Å². The van der Waals surface area contributed by atoms with E-state index in [0.717, 1.165) is 59.2 Å². The maximum Gasteiger partial charge on any atom is 0.573 e. The third kappa shape index (κ3) is 5.99. The second-order valence-electron chi connectivity index (χ2n) is 7.74. The first-order valence-corrected chi connectivity index (χ1v) is 11.7. The van der Waals surface area contributed by atoms with Gasteiger partial charge in [0.05, 0.1) is 10.7 Å². The van der Waals surface area contributed by atoms with Crippen LogP contribution in [0.3, 0.4) is 0 Å². The summed E-state index contributed by atoms with van der Waals surface area (Å²) in [4.78, 5) is 20.0. The van der Waals surface area contributed by atoms with Crippen LogP contribution in [0.15, 0.2) is 29.1 Å². The minimum Gasteiger partial charge on any atom is -0.406 e. The highest BCUT2D eigenvalue weighted by molar-refractivity contribution is 7.18. The molecule has 1 fully saturated rings. The third-order valence-electron chi connectivity index (χ3n) is 5.25. The highest BCUT2D eigenvalue weighted by Crippen LogP contribution is 2.32. The van der Waals surface area contributed by atoms with Crippen LogP contribution in [-0.2, 0) is 7.05 Å². The molecule has 0 bridgehead atoms. The molecule has 0 radical (unpaired) electrons. The summed E-state index contributed by atoms with van der Waals surface area (Å²) in [5, 5.41) is 13.3. The number of nitrogens with one attached hydrogen (secondary N) is 1. The van der Waals surface area contributed by atoms with Crippen LogP contribution in [0.25, 0.3) is 10.3 Å². The molecule has 7 nitrogen and oxygen atoms in total. The molecule has 0 spiro atoms. The van der Waals surface area contributed by atoms with Crippen molar-refractivity contribution in [3.05, 3.63) is 45.2 Å². The fourth-order valence-corrected chi connectivity index (χ4v) is 4.66. The van der Waals surface area contributed by atoms with E-state index in [4.69, 9.17) is 0 Å². The van der Waals surface area contributed by atoms with Gasteiger partial charge in [-0.15, -0.1) is 24.5 Å². The van der Waals surface area contributed by atoms with Gasteiger partial charge in [-0.05, 0) is 57.4 Å². The van der Waals surface area contributed by atoms with E-state index < -0.39 is 6.36 Å². The fourth-order valence-electron chi connectivity index (χ4n) is 3.78. The van der Waals surface area contributed by atoms with Gasteiger partial charge in [0.25, 0.3) is 5.56 Å². The quantitative estimate of drug-likeness (QED) is 0.539. The zero-order valence-electron chi connectivity index (χ0n) is 19.2. The number of pyridine rings is 1. The molecule has 0 aliphatic carbocycles. The number of alkyl halides is 3. The van der Waals surface area contributed by atoms with Gasteiger partial charge in [-0.3, -0.25) is 4.79 Å². The van der Waals surface area contributed by atoms with Crippen LogP contribution in [0.1, 0.15) is 36.8 Å². The van der Waals surface area contributed by atoms with Gasteiger partial charge < -0.3 is 19.5 Å². The molecule has 11 heteroatoms. The van der Waals surface area contributed by atoms with Crippen LogP contribution in [0, 0.1) is 18.3 Å². The number of fused-ring (bicyclic) bond motifs is 1. The fraction of sp³-hybridized carbons (Fsp3) is 0.435. The molecule has 0 amide bonds. The lowest BCUT2D eigenvalue weighted by Gasteiger charge is -2.29. The van der Waals surface area contributed by atoms with E-state index in [-0.39, 0.29) is 16.9 Å². The molecule has 4 rings (SSSR count). The largest absolute Gasteiger partial charge is 0.573 e. The van der Waals surface area contributed by atoms with Crippen LogP contribution < -0.4 is 20.5 Å². The number of nitriles is 1. The Morgan fingerprint density at radius 2 is 1.85 bits per heavy atom. The maximum absolute atomic E-state index is 12.4. The highest BCUT2D eigenvalue weighted by Gasteiger charge is 2.31. The Hall–Kier alpha value is -3.26. The third-order valence-corrected chi connectivity index (χ3v) is 6.30. The SMILES string of the molecule is CCNc1ccc(OC(F)(F)F)cc1.Cc1nc2c(N3CCCCC3)c(C#N)c(=O)n(C)c2s1. The Morgan fingerprint density at radius 1 is 1.21 bits per heavy atom. The normalized spacial score (nSPS) is 13.7. The van der Waals surface area contributed by atoms with Crippen molar-refractivity contribution in [2.45, 2.75) is 39.5 Å². The molecular formula is C23H26F3N5O2S. The summed E-state index contributed by atoms with van der Waals surface area (Å²) in [6.07, 6.45) is -1.21. The monoisotopic (exact) mass is 493 g/mol. The molecule has 1 aliphatic rings. The lowest BCUT2D eigenvalue weighted by Crippen LogP contribution is -2.33. The van der Waals surface area contributed by atoms with Gasteiger partial charge in [0.15, 0.2) is 0 Å². The maximum atomic E-state index is 12.4. The zero-order valence-corrected chi connectivity index (χ0v) is 20.0. The van der Waals surface area contributed by atoms with Crippen molar-refractivity contribution in [1.82, 2.24) is 9.55 Å². The summed E-state index contributed by atoms with van der Waals surface area (Å²) in [5.74, 6) is -0.209. The smallest absolute Gasteiger partial charge is 0.406 e. The number of hydrogen-bond acceptors (Lipinski definition) is 7. The van der Waals surface area contributed by atoms with Gasteiger partial charge in [0.2, 0.25) is 0 Å². The Kier molecular flexibility index (Phi) is 8.04. The lowest BCUT2D eigenvalue weighted by atomic mass is 10.1. The van der Waals surface area contributed by atoms with Crippen LogP contribution in [0.2, 0.25) is 0 Å². The van der Waals surface area contributed by atoms with Crippen LogP contribution in [0.5, 0.6) is 5.75 Å². The molecule has 2 aromatic heterocycles. The number of ether oxygens (including phenoxy) is 1. The van der Waals surface area contributed by atoms with E-state index in [1.54, 1.807) is 11.6 Å². The Balaban J connectivity index is 0.000000204. The molecule has 1 saturated heterocycles. The number of halogens is 3. The van der Waals surface area contributed by atoms with E-state index in [1.807, 2.05) is 13.8 Å². The van der Waals surface area contributed by atoms with Gasteiger partial charge in [-0.25, -0.2) is 4.98 Å². The van der Waals surface area contributed by atoms with Gasteiger partial charge in [-0.1, -0.05) is 0 Å². The highest BCUT2D eigenvalue weighted by atomic mass is 32.1. The number of aryl methyl sites for hydroxylation is 2. The average Bonchev–Trinajstić information content (AvgIpc) is 3.19.